The Balaban J connectivity index is 1.92. The molecule has 0 spiro atoms. The van der Waals surface area contributed by atoms with Crippen molar-refractivity contribution >= 4 is 6.08 Å². The maximum absolute atomic E-state index is 10.9. The van der Waals surface area contributed by atoms with Gasteiger partial charge >= 0.3 is 0 Å². The lowest BCUT2D eigenvalue weighted by Crippen LogP contribution is -2.34. The molecule has 0 heterocycles. The number of aliphatic imine (C=N–C) groups is 1. The van der Waals surface area contributed by atoms with Crippen molar-refractivity contribution in [1.29, 1.82) is 0 Å². The largest absolute Gasteiger partial charge is 0.235 e. The Labute approximate surface area is 127 Å². The molecule has 0 aromatic heterocycles. The Hall–Kier alpha value is -1.40. The van der Waals surface area contributed by atoms with Crippen molar-refractivity contribution in [2.75, 3.05) is 0 Å². The van der Waals surface area contributed by atoms with E-state index in [-0.39, 0.29) is 5.54 Å². The lowest BCUT2D eigenvalue weighted by Gasteiger charge is -2.41. The van der Waals surface area contributed by atoms with Crippen LogP contribution in [0.25, 0.3) is 0 Å². The third kappa shape index (κ3) is 2.70. The van der Waals surface area contributed by atoms with Gasteiger partial charge in [0.2, 0.25) is 6.08 Å². The van der Waals surface area contributed by atoms with Crippen LogP contribution < -0.4 is 0 Å². The zero-order valence-electron chi connectivity index (χ0n) is 13.2. The van der Waals surface area contributed by atoms with E-state index in [0.717, 1.165) is 19.3 Å². The van der Waals surface area contributed by atoms with Crippen LogP contribution in [0.15, 0.2) is 29.3 Å². The highest BCUT2D eigenvalue weighted by atomic mass is 16.1. The van der Waals surface area contributed by atoms with E-state index in [1.807, 2.05) is 6.08 Å². The molecule has 0 aliphatic heterocycles. The monoisotopic (exact) mass is 283 g/mol. The zero-order chi connectivity index (χ0) is 14.9. The molecule has 0 radical (unpaired) electrons. The molecule has 1 aromatic rings. The summed E-state index contributed by atoms with van der Waals surface area (Å²) in [4.78, 5) is 15.1. The number of isocyanates is 1. The second-order valence-electron chi connectivity index (χ2n) is 7.61. The highest BCUT2D eigenvalue weighted by Crippen LogP contribution is 2.50. The van der Waals surface area contributed by atoms with E-state index in [1.54, 1.807) is 0 Å². The van der Waals surface area contributed by atoms with E-state index in [0.29, 0.717) is 11.3 Å². The van der Waals surface area contributed by atoms with Gasteiger partial charge in [0.05, 0.1) is 5.54 Å². The van der Waals surface area contributed by atoms with Gasteiger partial charge in [-0.25, -0.2) is 4.79 Å². The molecule has 112 valence electrons. The number of nitrogens with zero attached hydrogens (tertiary/aromatic N) is 1. The lowest BCUT2D eigenvalue weighted by molar-refractivity contribution is 0.217. The van der Waals surface area contributed by atoms with E-state index in [9.17, 15) is 4.79 Å². The minimum absolute atomic E-state index is 0.259. The molecule has 2 nitrogen and oxygen atoms in total. The Kier molecular flexibility index (Phi) is 3.75. The van der Waals surface area contributed by atoms with Crippen molar-refractivity contribution in [3.63, 3.8) is 0 Å². The van der Waals surface area contributed by atoms with Crippen molar-refractivity contribution in [1.82, 2.24) is 0 Å². The van der Waals surface area contributed by atoms with Crippen LogP contribution in [0.2, 0.25) is 0 Å². The number of hydrogen-bond donors (Lipinski definition) is 0. The molecule has 0 N–H and O–H groups in total. The van der Waals surface area contributed by atoms with Crippen LogP contribution in [-0.4, -0.2) is 6.08 Å². The maximum Gasteiger partial charge on any atom is 0.235 e. The summed E-state index contributed by atoms with van der Waals surface area (Å²) in [5.41, 5.74) is 2.96. The molecule has 0 atom stereocenters. The van der Waals surface area contributed by atoms with Crippen LogP contribution in [0.4, 0.5) is 0 Å². The standard InChI is InChI=1S/C19H25NO/c1-18(2)12-8-15(9-13-18)16-6-3-4-7-17(16)19(20-14-21)10-5-11-19/h3-4,6-7,15H,5,8-13H2,1-2H3. The molecule has 0 amide bonds. The molecule has 0 unspecified atom stereocenters. The fourth-order valence-electron chi connectivity index (χ4n) is 4.03. The topological polar surface area (TPSA) is 29.4 Å². The van der Waals surface area contributed by atoms with Gasteiger partial charge in [0, 0.05) is 0 Å². The summed E-state index contributed by atoms with van der Waals surface area (Å²) in [6.07, 6.45) is 10.1. The Morgan fingerprint density at radius 1 is 1.10 bits per heavy atom. The highest BCUT2D eigenvalue weighted by molar-refractivity contribution is 5.43. The zero-order valence-corrected chi connectivity index (χ0v) is 13.2. The molecule has 3 rings (SSSR count). The van der Waals surface area contributed by atoms with Gasteiger partial charge < -0.3 is 0 Å². The van der Waals surface area contributed by atoms with E-state index < -0.39 is 0 Å². The molecule has 2 heteroatoms. The van der Waals surface area contributed by atoms with Crippen molar-refractivity contribution < 1.29 is 4.79 Å². The van der Waals surface area contributed by atoms with Crippen LogP contribution in [0.5, 0.6) is 0 Å². The second-order valence-corrected chi connectivity index (χ2v) is 7.61. The molecule has 0 saturated heterocycles. The number of carbonyl (C=O) groups excluding carboxylic acids is 1. The molecule has 2 aliphatic rings. The number of hydrogen-bond acceptors (Lipinski definition) is 2. The summed E-state index contributed by atoms with van der Waals surface area (Å²) >= 11 is 0. The van der Waals surface area contributed by atoms with Crippen LogP contribution in [0, 0.1) is 5.41 Å². The van der Waals surface area contributed by atoms with E-state index in [1.165, 1.54) is 36.8 Å². The minimum atomic E-state index is -0.259. The van der Waals surface area contributed by atoms with Crippen molar-refractivity contribution in [3.8, 4) is 0 Å². The van der Waals surface area contributed by atoms with Crippen molar-refractivity contribution in [2.45, 2.75) is 70.3 Å². The third-order valence-corrected chi connectivity index (χ3v) is 5.68. The van der Waals surface area contributed by atoms with E-state index in [2.05, 4.69) is 43.1 Å². The normalized spacial score (nSPS) is 23.9. The fraction of sp³-hybridized carbons (Fsp3) is 0.632. The van der Waals surface area contributed by atoms with Gasteiger partial charge in [-0.15, -0.1) is 0 Å². The molecular formula is C19H25NO. The minimum Gasteiger partial charge on any atom is -0.211 e. The summed E-state index contributed by atoms with van der Waals surface area (Å²) in [5, 5.41) is 0. The van der Waals surface area contributed by atoms with Crippen molar-refractivity contribution in [2.24, 2.45) is 10.4 Å². The second kappa shape index (κ2) is 5.42. The molecule has 2 saturated carbocycles. The van der Waals surface area contributed by atoms with Gasteiger partial charge in [-0.1, -0.05) is 38.1 Å². The van der Waals surface area contributed by atoms with E-state index >= 15 is 0 Å². The van der Waals surface area contributed by atoms with Crippen molar-refractivity contribution in [3.05, 3.63) is 35.4 Å². The summed E-state index contributed by atoms with van der Waals surface area (Å²) in [7, 11) is 0. The third-order valence-electron chi connectivity index (χ3n) is 5.68. The SMILES string of the molecule is CC1(C)CCC(c2ccccc2C2(N=C=O)CCC2)CC1. The Morgan fingerprint density at radius 2 is 1.76 bits per heavy atom. The van der Waals surface area contributed by atoms with Crippen LogP contribution in [0.3, 0.4) is 0 Å². The van der Waals surface area contributed by atoms with Gasteiger partial charge in [-0.05, 0) is 67.4 Å². The summed E-state index contributed by atoms with van der Waals surface area (Å²) < 4.78 is 0. The predicted octanol–water partition coefficient (Wildman–Crippen LogP) is 5.09. The van der Waals surface area contributed by atoms with Crippen LogP contribution in [-0.2, 0) is 10.3 Å². The number of rotatable bonds is 3. The lowest BCUT2D eigenvalue weighted by atomic mass is 9.66. The average molecular weight is 283 g/mol. The molecule has 2 aliphatic carbocycles. The highest BCUT2D eigenvalue weighted by Gasteiger charge is 2.41. The molecular weight excluding hydrogens is 258 g/mol. The molecule has 1 aromatic carbocycles. The van der Waals surface area contributed by atoms with Gasteiger partial charge in [0.1, 0.15) is 0 Å². The molecule has 2 fully saturated rings. The first kappa shape index (κ1) is 14.5. The van der Waals surface area contributed by atoms with Gasteiger partial charge in [0.15, 0.2) is 0 Å². The molecule has 21 heavy (non-hydrogen) atoms. The predicted molar refractivity (Wildman–Crippen MR) is 85.1 cm³/mol. The smallest absolute Gasteiger partial charge is 0.211 e. The fourth-order valence-corrected chi connectivity index (χ4v) is 4.03. The average Bonchev–Trinajstić information content (AvgIpc) is 2.43. The first-order chi connectivity index (χ1) is 10.1. The quantitative estimate of drug-likeness (QED) is 0.561. The Bertz CT molecular complexity index is 555. The molecule has 0 bridgehead atoms. The maximum atomic E-state index is 10.9. The Morgan fingerprint density at radius 3 is 2.33 bits per heavy atom. The van der Waals surface area contributed by atoms with Crippen LogP contribution >= 0.6 is 0 Å². The van der Waals surface area contributed by atoms with Gasteiger partial charge in [-0.3, -0.25) is 0 Å². The first-order valence-corrected chi connectivity index (χ1v) is 8.25. The summed E-state index contributed by atoms with van der Waals surface area (Å²) in [6, 6.07) is 8.68. The van der Waals surface area contributed by atoms with Crippen LogP contribution in [0.1, 0.15) is 75.8 Å². The van der Waals surface area contributed by atoms with Gasteiger partial charge in [0.25, 0.3) is 0 Å². The number of benzene rings is 1. The van der Waals surface area contributed by atoms with Gasteiger partial charge in [-0.2, -0.15) is 4.99 Å². The summed E-state index contributed by atoms with van der Waals surface area (Å²) in [5.74, 6) is 0.633. The first-order valence-electron chi connectivity index (χ1n) is 8.25. The summed E-state index contributed by atoms with van der Waals surface area (Å²) in [6.45, 7) is 4.75. The van der Waals surface area contributed by atoms with E-state index in [4.69, 9.17) is 0 Å².